The minimum absolute atomic E-state index is 0.0227. The first-order valence-electron chi connectivity index (χ1n) is 5.38. The third kappa shape index (κ3) is 3.39. The largest absolute Gasteiger partial charge is 0.288 e. The molecule has 0 saturated carbocycles. The summed E-state index contributed by atoms with van der Waals surface area (Å²) in [6, 6.07) is 9.32. The van der Waals surface area contributed by atoms with E-state index in [1.54, 1.807) is 30.3 Å². The van der Waals surface area contributed by atoms with Crippen LogP contribution in [0.4, 0.5) is 5.69 Å². The van der Waals surface area contributed by atoms with Gasteiger partial charge in [0.2, 0.25) is 0 Å². The third-order valence-corrected chi connectivity index (χ3v) is 3.33. The number of hydrogen-bond donors (Lipinski definition) is 0. The van der Waals surface area contributed by atoms with Gasteiger partial charge >= 0.3 is 0 Å². The van der Waals surface area contributed by atoms with Crippen LogP contribution < -0.4 is 4.78 Å². The van der Waals surface area contributed by atoms with E-state index in [4.69, 9.17) is 7.85 Å². The molecule has 0 atom stereocenters. The zero-order valence-corrected chi connectivity index (χ0v) is 10.6. The number of benzene rings is 1. The summed E-state index contributed by atoms with van der Waals surface area (Å²) >= 11 is 1.23. The maximum Gasteiger partial charge on any atom is 0.269 e. The van der Waals surface area contributed by atoms with Crippen molar-refractivity contribution in [2.24, 2.45) is 0 Å². The number of rotatable bonds is 4. The summed E-state index contributed by atoms with van der Waals surface area (Å²) in [5.74, 6) is -0.139. The first-order valence-corrected chi connectivity index (χ1v) is 6.20. The Bertz CT molecular complexity index is 646. The highest BCUT2D eigenvalue weighted by Gasteiger charge is 2.05. The van der Waals surface area contributed by atoms with Gasteiger partial charge in [-0.3, -0.25) is 14.9 Å². The van der Waals surface area contributed by atoms with Crippen molar-refractivity contribution in [1.29, 1.82) is 0 Å². The molecule has 0 unspecified atom stereocenters. The van der Waals surface area contributed by atoms with Gasteiger partial charge in [-0.15, -0.1) is 11.3 Å². The Morgan fingerprint density at radius 1 is 1.21 bits per heavy atom. The molecule has 0 bridgehead atoms. The van der Waals surface area contributed by atoms with Gasteiger partial charge in [0.05, 0.1) is 9.80 Å². The highest BCUT2D eigenvalue weighted by Crippen LogP contribution is 2.14. The van der Waals surface area contributed by atoms with Gasteiger partial charge in [0.15, 0.2) is 5.78 Å². The van der Waals surface area contributed by atoms with Crippen LogP contribution in [0.5, 0.6) is 0 Å². The molecular formula is C13H8BNO3S. The van der Waals surface area contributed by atoms with Crippen LogP contribution in [-0.4, -0.2) is 18.6 Å². The number of hydrogen-bond acceptors (Lipinski definition) is 4. The van der Waals surface area contributed by atoms with E-state index < -0.39 is 4.92 Å². The quantitative estimate of drug-likeness (QED) is 0.281. The monoisotopic (exact) mass is 269 g/mol. The molecule has 0 aliphatic carbocycles. The lowest BCUT2D eigenvalue weighted by Gasteiger charge is -1.93. The summed E-state index contributed by atoms with van der Waals surface area (Å²) in [4.78, 5) is 22.4. The third-order valence-electron chi connectivity index (χ3n) is 2.40. The van der Waals surface area contributed by atoms with Crippen molar-refractivity contribution >= 4 is 41.5 Å². The molecule has 0 aliphatic rings. The van der Waals surface area contributed by atoms with Crippen molar-refractivity contribution in [1.82, 2.24) is 0 Å². The molecule has 2 rings (SSSR count). The fourth-order valence-corrected chi connectivity index (χ4v) is 2.14. The van der Waals surface area contributed by atoms with Crippen molar-refractivity contribution in [2.45, 2.75) is 0 Å². The summed E-state index contributed by atoms with van der Waals surface area (Å²) in [7, 11) is 5.55. The van der Waals surface area contributed by atoms with Crippen molar-refractivity contribution in [2.75, 3.05) is 0 Å². The number of allylic oxidation sites excluding steroid dienone is 1. The number of non-ortho nitro benzene ring substituents is 1. The predicted molar refractivity (Wildman–Crippen MR) is 76.2 cm³/mol. The van der Waals surface area contributed by atoms with E-state index in [1.807, 2.05) is 0 Å². The highest BCUT2D eigenvalue weighted by atomic mass is 32.1. The Labute approximate surface area is 115 Å². The van der Waals surface area contributed by atoms with Gasteiger partial charge < -0.3 is 0 Å². The minimum atomic E-state index is -0.465. The predicted octanol–water partition coefficient (Wildman–Crippen LogP) is 2.35. The molecule has 0 spiro atoms. The van der Waals surface area contributed by atoms with Crippen LogP contribution in [0.2, 0.25) is 0 Å². The molecule has 92 valence electrons. The zero-order chi connectivity index (χ0) is 13.8. The SMILES string of the molecule is [B]c1ccc(C(=O)/C=C/c2ccc([N+](=O)[O-])cc2)s1. The molecular weight excluding hydrogens is 261 g/mol. The highest BCUT2D eigenvalue weighted by molar-refractivity contribution is 7.21. The second kappa shape index (κ2) is 5.62. The molecule has 19 heavy (non-hydrogen) atoms. The van der Waals surface area contributed by atoms with Gasteiger partial charge in [-0.25, -0.2) is 0 Å². The number of thiophene rings is 1. The number of nitro groups is 1. The Kier molecular flexibility index (Phi) is 3.92. The van der Waals surface area contributed by atoms with Crippen molar-refractivity contribution in [3.05, 3.63) is 63.0 Å². The second-order valence-electron chi connectivity index (χ2n) is 3.75. The van der Waals surface area contributed by atoms with Crippen LogP contribution in [0.1, 0.15) is 15.2 Å². The standard InChI is InChI=1S/C13H8BNO3S/c14-13-8-7-12(19-13)11(16)6-3-9-1-4-10(5-2-9)15(17)18/h1-8H/b6-3+. The molecule has 0 N–H and O–H groups in total. The average molecular weight is 269 g/mol. The summed E-state index contributed by atoms with van der Waals surface area (Å²) in [5, 5.41) is 10.5. The van der Waals surface area contributed by atoms with Gasteiger partial charge in [0.1, 0.15) is 7.85 Å². The first kappa shape index (κ1) is 13.2. The molecule has 1 heterocycles. The molecule has 2 aromatic rings. The first-order chi connectivity index (χ1) is 9.06. The molecule has 0 aliphatic heterocycles. The molecule has 1 aromatic carbocycles. The van der Waals surface area contributed by atoms with E-state index in [0.29, 0.717) is 9.65 Å². The van der Waals surface area contributed by atoms with Crippen LogP contribution in [0.15, 0.2) is 42.5 Å². The Morgan fingerprint density at radius 2 is 1.89 bits per heavy atom. The van der Waals surface area contributed by atoms with Crippen molar-refractivity contribution < 1.29 is 9.72 Å². The lowest BCUT2D eigenvalue weighted by Crippen LogP contribution is -1.92. The lowest BCUT2D eigenvalue weighted by atomic mass is 10.1. The molecule has 2 radical (unpaired) electrons. The van der Waals surface area contributed by atoms with E-state index in [2.05, 4.69) is 0 Å². The second-order valence-corrected chi connectivity index (χ2v) is 4.86. The van der Waals surface area contributed by atoms with E-state index in [-0.39, 0.29) is 11.5 Å². The smallest absolute Gasteiger partial charge is 0.269 e. The molecule has 0 fully saturated rings. The minimum Gasteiger partial charge on any atom is -0.288 e. The number of nitrogens with zero attached hydrogens (tertiary/aromatic N) is 1. The molecule has 1 aromatic heterocycles. The van der Waals surface area contributed by atoms with E-state index in [9.17, 15) is 14.9 Å². The van der Waals surface area contributed by atoms with E-state index in [1.165, 1.54) is 29.5 Å². The Hall–Kier alpha value is -2.21. The zero-order valence-electron chi connectivity index (χ0n) is 9.78. The maximum atomic E-state index is 11.8. The Balaban J connectivity index is 2.10. The average Bonchev–Trinajstić information content (AvgIpc) is 2.83. The van der Waals surface area contributed by atoms with Gasteiger partial charge in [0, 0.05) is 12.1 Å². The number of carbonyl (C=O) groups is 1. The van der Waals surface area contributed by atoms with E-state index >= 15 is 0 Å². The molecule has 0 saturated heterocycles. The Morgan fingerprint density at radius 3 is 2.42 bits per heavy atom. The van der Waals surface area contributed by atoms with Crippen LogP contribution in [-0.2, 0) is 0 Å². The number of ketones is 1. The number of carbonyl (C=O) groups excluding carboxylic acids is 1. The normalized spacial score (nSPS) is 10.7. The molecule has 0 amide bonds. The fraction of sp³-hybridized carbons (Fsp3) is 0. The fourth-order valence-electron chi connectivity index (χ4n) is 1.45. The summed E-state index contributed by atoms with van der Waals surface area (Å²) in [6.45, 7) is 0. The molecule has 6 heteroatoms. The van der Waals surface area contributed by atoms with Crippen molar-refractivity contribution in [3.63, 3.8) is 0 Å². The lowest BCUT2D eigenvalue weighted by molar-refractivity contribution is -0.384. The molecule has 4 nitrogen and oxygen atoms in total. The van der Waals surface area contributed by atoms with Crippen molar-refractivity contribution in [3.8, 4) is 0 Å². The number of nitro benzene ring substituents is 1. The topological polar surface area (TPSA) is 60.2 Å². The summed E-state index contributed by atoms with van der Waals surface area (Å²) in [5.41, 5.74) is 0.748. The van der Waals surface area contributed by atoms with Crippen LogP contribution in [0.25, 0.3) is 6.08 Å². The van der Waals surface area contributed by atoms with Gasteiger partial charge in [-0.2, -0.15) is 0 Å². The summed E-state index contributed by atoms with van der Waals surface area (Å²) < 4.78 is 0.590. The van der Waals surface area contributed by atoms with Crippen LogP contribution in [0.3, 0.4) is 0 Å². The van der Waals surface area contributed by atoms with Gasteiger partial charge in [-0.05, 0) is 34.6 Å². The van der Waals surface area contributed by atoms with Gasteiger partial charge in [0.25, 0.3) is 5.69 Å². The summed E-state index contributed by atoms with van der Waals surface area (Å²) in [6.07, 6.45) is 3.04. The maximum absolute atomic E-state index is 11.8. The van der Waals surface area contributed by atoms with Crippen LogP contribution in [0, 0.1) is 10.1 Å². The van der Waals surface area contributed by atoms with Crippen LogP contribution >= 0.6 is 11.3 Å². The van der Waals surface area contributed by atoms with Gasteiger partial charge in [-0.1, -0.05) is 12.1 Å². The van der Waals surface area contributed by atoms with E-state index in [0.717, 1.165) is 5.56 Å².